The van der Waals surface area contributed by atoms with Crippen LogP contribution >= 0.6 is 0 Å². The van der Waals surface area contributed by atoms with Crippen molar-refractivity contribution in [3.63, 3.8) is 0 Å². The number of benzene rings is 1. The Morgan fingerprint density at radius 3 is 2.50 bits per heavy atom. The summed E-state index contributed by atoms with van der Waals surface area (Å²) in [7, 11) is 2.36. The number of amides is 1. The average Bonchev–Trinajstić information content (AvgIpc) is 2.61. The van der Waals surface area contributed by atoms with Crippen molar-refractivity contribution in [1.82, 2.24) is 0 Å². The number of carbonyl (C=O) groups is 1. The van der Waals surface area contributed by atoms with E-state index in [9.17, 15) is 4.79 Å². The van der Waals surface area contributed by atoms with Gasteiger partial charge in [-0.05, 0) is 37.5 Å². The molecule has 2 saturated heterocycles. The number of piperidine rings is 1. The van der Waals surface area contributed by atoms with Crippen LogP contribution in [0.3, 0.4) is 0 Å². The first kappa shape index (κ1) is 13.4. The first-order valence-corrected chi connectivity index (χ1v) is 7.54. The molecule has 2 atom stereocenters. The second-order valence-electron chi connectivity index (χ2n) is 6.60. The summed E-state index contributed by atoms with van der Waals surface area (Å²) in [5.74, 6) is -0.379. The lowest BCUT2D eigenvalue weighted by Gasteiger charge is -2.45. The van der Waals surface area contributed by atoms with Gasteiger partial charge in [-0.15, -0.1) is 0 Å². The molecule has 1 aromatic carbocycles. The molecule has 0 saturated carbocycles. The van der Waals surface area contributed by atoms with Crippen LogP contribution in [0.5, 0.6) is 0 Å². The Hall–Kier alpha value is -1.55. The molecule has 2 fully saturated rings. The number of primary amides is 1. The molecule has 3 rings (SSSR count). The molecule has 2 heterocycles. The van der Waals surface area contributed by atoms with Gasteiger partial charge in [0.1, 0.15) is 6.54 Å². The molecule has 2 unspecified atom stereocenters. The van der Waals surface area contributed by atoms with Gasteiger partial charge in [-0.2, -0.15) is 0 Å². The van der Waals surface area contributed by atoms with E-state index in [0.29, 0.717) is 5.56 Å². The van der Waals surface area contributed by atoms with Crippen molar-refractivity contribution >= 4 is 11.6 Å². The summed E-state index contributed by atoms with van der Waals surface area (Å²) < 4.78 is 1.09. The van der Waals surface area contributed by atoms with Gasteiger partial charge >= 0.3 is 0 Å². The molecule has 20 heavy (non-hydrogen) atoms. The van der Waals surface area contributed by atoms with Gasteiger partial charge in [0.15, 0.2) is 0 Å². The third-order valence-corrected chi connectivity index (χ3v) is 5.51. The first-order chi connectivity index (χ1) is 9.50. The van der Waals surface area contributed by atoms with Crippen molar-refractivity contribution < 1.29 is 9.28 Å². The fraction of sp³-hybridized carbons (Fsp3) is 0.562. The Labute approximate surface area is 120 Å². The summed E-state index contributed by atoms with van der Waals surface area (Å²) in [5.41, 5.74) is 13.9. The number of nitrogen functional groups attached to an aromatic ring is 1. The second-order valence-corrected chi connectivity index (χ2v) is 6.60. The molecule has 4 N–H and O–H groups in total. The smallest absolute Gasteiger partial charge is 0.248 e. The van der Waals surface area contributed by atoms with Crippen molar-refractivity contribution in [2.45, 2.75) is 50.7 Å². The predicted molar refractivity (Wildman–Crippen MR) is 79.9 cm³/mol. The largest absolute Gasteiger partial charge is 0.398 e. The molecular weight excluding hydrogens is 250 g/mol. The molecular formula is C16H24N3O+. The molecule has 0 aromatic heterocycles. The highest BCUT2D eigenvalue weighted by Crippen LogP contribution is 2.42. The topological polar surface area (TPSA) is 69.1 Å². The quantitative estimate of drug-likeness (QED) is 0.654. The second kappa shape index (κ2) is 4.77. The van der Waals surface area contributed by atoms with Crippen LogP contribution in [0.25, 0.3) is 0 Å². The maximum atomic E-state index is 11.4. The molecule has 2 aliphatic heterocycles. The summed E-state index contributed by atoms with van der Waals surface area (Å²) in [5, 5.41) is 0. The summed E-state index contributed by atoms with van der Waals surface area (Å²) in [6.45, 7) is 0.919. The lowest BCUT2D eigenvalue weighted by atomic mass is 9.97. The third kappa shape index (κ3) is 2.08. The van der Waals surface area contributed by atoms with Crippen molar-refractivity contribution in [3.8, 4) is 0 Å². The fourth-order valence-electron chi connectivity index (χ4n) is 4.26. The molecule has 0 spiro atoms. The molecule has 2 aliphatic rings. The molecule has 0 aliphatic carbocycles. The minimum Gasteiger partial charge on any atom is -0.398 e. The molecule has 1 amide bonds. The number of quaternary nitrogens is 1. The number of fused-ring (bicyclic) bond motifs is 2. The van der Waals surface area contributed by atoms with Gasteiger partial charge in [0.2, 0.25) is 5.91 Å². The summed E-state index contributed by atoms with van der Waals surface area (Å²) in [6, 6.07) is 6.92. The van der Waals surface area contributed by atoms with Crippen molar-refractivity contribution in [2.75, 3.05) is 12.8 Å². The van der Waals surface area contributed by atoms with E-state index in [2.05, 4.69) is 7.05 Å². The molecule has 2 bridgehead atoms. The SMILES string of the molecule is C[N+]1(Cc2cc(C(N)=O)ccc2N)C2CCCC1CC2. The molecule has 1 aromatic rings. The number of anilines is 1. The van der Waals surface area contributed by atoms with Crippen LogP contribution in [-0.2, 0) is 6.54 Å². The Balaban J connectivity index is 1.91. The van der Waals surface area contributed by atoms with E-state index in [-0.39, 0.29) is 5.91 Å². The van der Waals surface area contributed by atoms with Gasteiger partial charge in [0, 0.05) is 29.7 Å². The van der Waals surface area contributed by atoms with Crippen LogP contribution in [0.1, 0.15) is 48.0 Å². The van der Waals surface area contributed by atoms with E-state index >= 15 is 0 Å². The average molecular weight is 274 g/mol. The fourth-order valence-corrected chi connectivity index (χ4v) is 4.26. The number of rotatable bonds is 3. The minimum absolute atomic E-state index is 0.379. The van der Waals surface area contributed by atoms with Gasteiger partial charge in [-0.25, -0.2) is 0 Å². The maximum absolute atomic E-state index is 11.4. The number of carbonyl (C=O) groups excluding carboxylic acids is 1. The van der Waals surface area contributed by atoms with E-state index < -0.39 is 0 Å². The van der Waals surface area contributed by atoms with Crippen molar-refractivity contribution in [1.29, 1.82) is 0 Å². The van der Waals surface area contributed by atoms with Gasteiger partial charge in [-0.3, -0.25) is 4.79 Å². The normalized spacial score (nSPS) is 32.2. The van der Waals surface area contributed by atoms with E-state index in [1.807, 2.05) is 12.1 Å². The molecule has 4 heteroatoms. The number of hydrogen-bond acceptors (Lipinski definition) is 2. The van der Waals surface area contributed by atoms with Gasteiger partial charge in [0.25, 0.3) is 0 Å². The van der Waals surface area contributed by atoms with Gasteiger partial charge in [-0.1, -0.05) is 0 Å². The van der Waals surface area contributed by atoms with Crippen LogP contribution in [0, 0.1) is 0 Å². The van der Waals surface area contributed by atoms with Crippen LogP contribution in [0.15, 0.2) is 18.2 Å². The van der Waals surface area contributed by atoms with E-state index in [1.165, 1.54) is 32.1 Å². The van der Waals surface area contributed by atoms with Crippen LogP contribution in [0.4, 0.5) is 5.69 Å². The summed E-state index contributed by atoms with van der Waals surface area (Å²) in [6.07, 6.45) is 6.66. The van der Waals surface area contributed by atoms with Gasteiger partial charge < -0.3 is 16.0 Å². The van der Waals surface area contributed by atoms with Crippen LogP contribution in [0.2, 0.25) is 0 Å². The summed E-state index contributed by atoms with van der Waals surface area (Å²) in [4.78, 5) is 11.4. The highest BCUT2D eigenvalue weighted by atomic mass is 16.1. The van der Waals surface area contributed by atoms with E-state index in [4.69, 9.17) is 11.5 Å². The summed E-state index contributed by atoms with van der Waals surface area (Å²) >= 11 is 0. The van der Waals surface area contributed by atoms with Gasteiger partial charge in [0.05, 0.1) is 19.1 Å². The maximum Gasteiger partial charge on any atom is 0.248 e. The third-order valence-electron chi connectivity index (χ3n) is 5.51. The zero-order valence-corrected chi connectivity index (χ0v) is 12.1. The Morgan fingerprint density at radius 1 is 1.25 bits per heavy atom. The molecule has 4 nitrogen and oxygen atoms in total. The van der Waals surface area contributed by atoms with Crippen LogP contribution < -0.4 is 11.5 Å². The Kier molecular flexibility index (Phi) is 3.21. The van der Waals surface area contributed by atoms with E-state index in [0.717, 1.165) is 34.4 Å². The lowest BCUT2D eigenvalue weighted by Crippen LogP contribution is -2.55. The van der Waals surface area contributed by atoms with Crippen LogP contribution in [-0.4, -0.2) is 29.5 Å². The Morgan fingerprint density at radius 2 is 1.90 bits per heavy atom. The predicted octanol–water partition coefficient (Wildman–Crippen LogP) is 2.03. The minimum atomic E-state index is -0.379. The highest BCUT2D eigenvalue weighted by molar-refractivity contribution is 5.93. The molecule has 0 radical (unpaired) electrons. The lowest BCUT2D eigenvalue weighted by molar-refractivity contribution is -0.960. The van der Waals surface area contributed by atoms with Crippen molar-refractivity contribution in [3.05, 3.63) is 29.3 Å². The zero-order chi connectivity index (χ0) is 14.3. The number of nitrogens with two attached hydrogens (primary N) is 2. The standard InChI is InChI=1S/C16H23N3O/c1-19(13-3-2-4-14(19)7-6-13)10-12-9-11(16(18)20)5-8-15(12)17/h5,8-9,13-14H,2-4,6-7,10H2,1H3,(H3-,17,18,20)/p+1. The Bertz CT molecular complexity index is 525. The number of nitrogens with zero attached hydrogens (tertiary/aromatic N) is 1. The molecule has 108 valence electrons. The highest BCUT2D eigenvalue weighted by Gasteiger charge is 2.48. The van der Waals surface area contributed by atoms with Crippen molar-refractivity contribution in [2.24, 2.45) is 5.73 Å². The number of hydrogen-bond donors (Lipinski definition) is 2. The monoisotopic (exact) mass is 274 g/mol. The first-order valence-electron chi connectivity index (χ1n) is 7.54. The van der Waals surface area contributed by atoms with E-state index in [1.54, 1.807) is 6.07 Å². The zero-order valence-electron chi connectivity index (χ0n) is 12.1.